The van der Waals surface area contributed by atoms with Crippen molar-refractivity contribution in [2.24, 2.45) is 39.9 Å². The van der Waals surface area contributed by atoms with E-state index in [1.165, 1.54) is 24.8 Å². The molecule has 5 unspecified atom stereocenters. The lowest BCUT2D eigenvalue weighted by Crippen LogP contribution is -2.54. The summed E-state index contributed by atoms with van der Waals surface area (Å²) >= 11 is 0. The number of carboxylic acid groups (broad SMARTS) is 1. The zero-order valence-corrected chi connectivity index (χ0v) is 16.9. The fraction of sp³-hybridized carbons (Fsp3) is 0.870. The highest BCUT2D eigenvalue weighted by Gasteiger charge is 2.60. The molecule has 0 aromatic rings. The quantitative estimate of drug-likeness (QED) is 0.679. The molecule has 0 spiro atoms. The van der Waals surface area contributed by atoms with Gasteiger partial charge in [0.25, 0.3) is 0 Å². The van der Waals surface area contributed by atoms with Gasteiger partial charge in [0.05, 0.1) is 6.10 Å². The molecule has 0 aliphatic heterocycles. The van der Waals surface area contributed by atoms with Crippen LogP contribution in [0.3, 0.4) is 0 Å². The lowest BCUT2D eigenvalue weighted by Gasteiger charge is -2.61. The molecule has 4 rings (SSSR count). The smallest absolute Gasteiger partial charge is 0.303 e. The fourth-order valence-electron chi connectivity index (χ4n) is 8.05. The van der Waals surface area contributed by atoms with Gasteiger partial charge < -0.3 is 10.2 Å². The standard InChI is InChI=1S/C23H36O3/c1-21(2)18-8-6-15-16-7-5-14(13-20(25)26)22(16,3)11-9-17(15)23(18,4)12-10-19(21)24/h8,14-17,19,24H,5-7,9-13H2,1-4H3,(H,25,26)/t14?,15?,16?,17?,19?,22-,23-/m1/s1. The molecule has 0 amide bonds. The highest BCUT2D eigenvalue weighted by molar-refractivity contribution is 5.67. The van der Waals surface area contributed by atoms with Crippen LogP contribution in [-0.2, 0) is 4.79 Å². The number of aliphatic hydroxyl groups is 1. The van der Waals surface area contributed by atoms with Crippen LogP contribution in [0.4, 0.5) is 0 Å². The first kappa shape index (κ1) is 18.5. The van der Waals surface area contributed by atoms with E-state index in [0.717, 1.165) is 25.7 Å². The third kappa shape index (κ3) is 2.38. The van der Waals surface area contributed by atoms with Crippen molar-refractivity contribution in [1.29, 1.82) is 0 Å². The molecule has 146 valence electrons. The average molecular weight is 361 g/mol. The third-order valence-electron chi connectivity index (χ3n) is 9.55. The number of carbonyl (C=O) groups is 1. The summed E-state index contributed by atoms with van der Waals surface area (Å²) < 4.78 is 0. The summed E-state index contributed by atoms with van der Waals surface area (Å²) in [5.41, 5.74) is 1.83. The van der Waals surface area contributed by atoms with E-state index in [1.807, 2.05) is 0 Å². The number of hydrogen-bond donors (Lipinski definition) is 2. The average Bonchev–Trinajstić information content (AvgIpc) is 2.88. The molecular weight excluding hydrogens is 324 g/mol. The number of aliphatic hydroxyl groups excluding tert-OH is 1. The van der Waals surface area contributed by atoms with Crippen LogP contribution in [0.25, 0.3) is 0 Å². The Morgan fingerprint density at radius 2 is 1.81 bits per heavy atom. The molecule has 3 saturated carbocycles. The molecule has 3 fully saturated rings. The number of rotatable bonds is 2. The summed E-state index contributed by atoms with van der Waals surface area (Å²) in [4.78, 5) is 11.4. The van der Waals surface area contributed by atoms with Crippen LogP contribution in [0, 0.1) is 39.9 Å². The number of allylic oxidation sites excluding steroid dienone is 1. The molecule has 4 aliphatic carbocycles. The Labute approximate surface area is 158 Å². The number of carboxylic acids is 1. The first-order chi connectivity index (χ1) is 12.1. The lowest BCUT2D eigenvalue weighted by molar-refractivity contribution is -0.140. The Balaban J connectivity index is 1.66. The highest BCUT2D eigenvalue weighted by Crippen LogP contribution is 2.68. The van der Waals surface area contributed by atoms with Crippen molar-refractivity contribution in [3.8, 4) is 0 Å². The summed E-state index contributed by atoms with van der Waals surface area (Å²) in [6.07, 6.45) is 10.5. The van der Waals surface area contributed by atoms with Gasteiger partial charge in [-0.2, -0.15) is 0 Å². The molecule has 4 aliphatic rings. The van der Waals surface area contributed by atoms with Crippen molar-refractivity contribution in [2.75, 3.05) is 0 Å². The minimum Gasteiger partial charge on any atom is -0.481 e. The first-order valence-electron chi connectivity index (χ1n) is 10.7. The van der Waals surface area contributed by atoms with Gasteiger partial charge in [-0.1, -0.05) is 39.3 Å². The molecule has 0 radical (unpaired) electrons. The van der Waals surface area contributed by atoms with E-state index < -0.39 is 5.97 Å². The molecule has 0 heterocycles. The van der Waals surface area contributed by atoms with E-state index in [2.05, 4.69) is 33.8 Å². The molecule has 0 bridgehead atoms. The van der Waals surface area contributed by atoms with E-state index in [-0.39, 0.29) is 22.3 Å². The van der Waals surface area contributed by atoms with Crippen LogP contribution in [0.5, 0.6) is 0 Å². The Bertz CT molecular complexity index is 635. The van der Waals surface area contributed by atoms with Crippen LogP contribution < -0.4 is 0 Å². The second-order valence-electron chi connectivity index (χ2n) is 10.8. The number of aliphatic carboxylic acids is 1. The molecule has 3 nitrogen and oxygen atoms in total. The molecule has 7 atom stereocenters. The van der Waals surface area contributed by atoms with E-state index in [1.54, 1.807) is 0 Å². The van der Waals surface area contributed by atoms with Crippen molar-refractivity contribution in [3.05, 3.63) is 11.6 Å². The van der Waals surface area contributed by atoms with Gasteiger partial charge >= 0.3 is 5.97 Å². The Kier molecular flexibility index (Phi) is 4.16. The van der Waals surface area contributed by atoms with Crippen LogP contribution in [0.2, 0.25) is 0 Å². The summed E-state index contributed by atoms with van der Waals surface area (Å²) in [6, 6.07) is 0. The molecule has 0 aromatic heterocycles. The maximum Gasteiger partial charge on any atom is 0.303 e. The van der Waals surface area contributed by atoms with E-state index in [9.17, 15) is 15.0 Å². The van der Waals surface area contributed by atoms with Gasteiger partial charge in [0, 0.05) is 11.8 Å². The SMILES string of the molecule is CC1(C)C2=CCC3C4CCC(CC(=O)O)[C@@]4(C)CCC3[C@@]2(C)CCC1O. The number of hydrogen-bond acceptors (Lipinski definition) is 2. The highest BCUT2D eigenvalue weighted by atomic mass is 16.4. The fourth-order valence-corrected chi connectivity index (χ4v) is 8.05. The zero-order chi connectivity index (χ0) is 18.9. The molecular formula is C23H36O3. The molecule has 26 heavy (non-hydrogen) atoms. The lowest BCUT2D eigenvalue weighted by atomic mass is 9.44. The van der Waals surface area contributed by atoms with Crippen molar-refractivity contribution >= 4 is 5.97 Å². The second kappa shape index (κ2) is 5.83. The largest absolute Gasteiger partial charge is 0.481 e. The number of fused-ring (bicyclic) bond motifs is 5. The minimum atomic E-state index is -0.625. The van der Waals surface area contributed by atoms with Crippen LogP contribution in [0.1, 0.15) is 79.1 Å². The summed E-state index contributed by atoms with van der Waals surface area (Å²) in [7, 11) is 0. The molecule has 2 N–H and O–H groups in total. The van der Waals surface area contributed by atoms with Crippen molar-refractivity contribution in [3.63, 3.8) is 0 Å². The van der Waals surface area contributed by atoms with Gasteiger partial charge in [0.15, 0.2) is 0 Å². The minimum absolute atomic E-state index is 0.111. The maximum atomic E-state index is 11.4. The van der Waals surface area contributed by atoms with E-state index >= 15 is 0 Å². The van der Waals surface area contributed by atoms with Crippen molar-refractivity contribution in [1.82, 2.24) is 0 Å². The summed E-state index contributed by atoms with van der Waals surface area (Å²) in [5.74, 6) is 1.81. The van der Waals surface area contributed by atoms with Crippen LogP contribution in [0.15, 0.2) is 11.6 Å². The van der Waals surface area contributed by atoms with Gasteiger partial charge in [0.2, 0.25) is 0 Å². The Morgan fingerprint density at radius 1 is 1.08 bits per heavy atom. The first-order valence-corrected chi connectivity index (χ1v) is 10.7. The zero-order valence-electron chi connectivity index (χ0n) is 16.9. The van der Waals surface area contributed by atoms with Crippen LogP contribution >= 0.6 is 0 Å². The van der Waals surface area contributed by atoms with E-state index in [0.29, 0.717) is 30.1 Å². The van der Waals surface area contributed by atoms with Gasteiger partial charge in [-0.05, 0) is 79.4 Å². The predicted octanol–water partition coefficient (Wildman–Crippen LogP) is 5.04. The van der Waals surface area contributed by atoms with Gasteiger partial charge in [-0.15, -0.1) is 0 Å². The van der Waals surface area contributed by atoms with Gasteiger partial charge in [-0.25, -0.2) is 0 Å². The third-order valence-corrected chi connectivity index (χ3v) is 9.55. The predicted molar refractivity (Wildman–Crippen MR) is 103 cm³/mol. The Hall–Kier alpha value is -0.830. The molecule has 0 aromatic carbocycles. The monoisotopic (exact) mass is 360 g/mol. The van der Waals surface area contributed by atoms with Crippen molar-refractivity contribution in [2.45, 2.75) is 85.2 Å². The second-order valence-corrected chi connectivity index (χ2v) is 10.8. The van der Waals surface area contributed by atoms with Gasteiger partial charge in [0.1, 0.15) is 0 Å². The van der Waals surface area contributed by atoms with Crippen molar-refractivity contribution < 1.29 is 15.0 Å². The van der Waals surface area contributed by atoms with E-state index in [4.69, 9.17) is 0 Å². The summed E-state index contributed by atoms with van der Waals surface area (Å²) in [6.45, 7) is 9.32. The van der Waals surface area contributed by atoms with Gasteiger partial charge in [-0.3, -0.25) is 4.79 Å². The summed E-state index contributed by atoms with van der Waals surface area (Å²) in [5, 5.41) is 20.0. The maximum absolute atomic E-state index is 11.4. The molecule has 3 heteroatoms. The Morgan fingerprint density at radius 3 is 2.50 bits per heavy atom. The molecule has 0 saturated heterocycles. The topological polar surface area (TPSA) is 57.5 Å². The normalized spacial score (nSPS) is 49.6. The van der Waals surface area contributed by atoms with Crippen LogP contribution in [-0.4, -0.2) is 22.3 Å².